The number of ether oxygens (including phenoxy) is 2. The van der Waals surface area contributed by atoms with Crippen LogP contribution >= 0.6 is 0 Å². The summed E-state index contributed by atoms with van der Waals surface area (Å²) >= 11 is 0. The Kier molecular flexibility index (Phi) is 8.93. The predicted octanol–water partition coefficient (Wildman–Crippen LogP) is -0.408. The van der Waals surface area contributed by atoms with E-state index in [0.29, 0.717) is 11.1 Å². The number of hydrogen-bond acceptors (Lipinski definition) is 7. The van der Waals surface area contributed by atoms with Crippen LogP contribution < -0.4 is 0 Å². The molecular formula is C13H18O7. The van der Waals surface area contributed by atoms with Crippen molar-refractivity contribution in [2.24, 2.45) is 0 Å². The SMILES string of the molecule is COC(=O)c1ccc(C(=O)OC)cc1.OCC(O)CO. The van der Waals surface area contributed by atoms with E-state index in [2.05, 4.69) is 9.47 Å². The van der Waals surface area contributed by atoms with E-state index in [0.717, 1.165) is 0 Å². The molecule has 112 valence electrons. The Morgan fingerprint density at radius 3 is 1.40 bits per heavy atom. The second-order valence-corrected chi connectivity index (χ2v) is 3.58. The first-order valence-corrected chi connectivity index (χ1v) is 5.66. The van der Waals surface area contributed by atoms with Gasteiger partial charge in [-0.3, -0.25) is 0 Å². The van der Waals surface area contributed by atoms with E-state index in [-0.39, 0.29) is 13.2 Å². The lowest BCUT2D eigenvalue weighted by Crippen LogP contribution is -2.15. The van der Waals surface area contributed by atoms with Crippen LogP contribution in [0, 0.1) is 0 Å². The Bertz CT molecular complexity index is 374. The largest absolute Gasteiger partial charge is 0.465 e. The molecule has 0 saturated heterocycles. The fraction of sp³-hybridized carbons (Fsp3) is 0.385. The summed E-state index contributed by atoms with van der Waals surface area (Å²) in [6.45, 7) is -0.729. The van der Waals surface area contributed by atoms with Crippen molar-refractivity contribution >= 4 is 11.9 Å². The Balaban J connectivity index is 0.000000511. The molecule has 3 N–H and O–H groups in total. The molecule has 0 amide bonds. The summed E-state index contributed by atoms with van der Waals surface area (Å²) in [4.78, 5) is 22.1. The van der Waals surface area contributed by atoms with Crippen LogP contribution in [0.3, 0.4) is 0 Å². The molecule has 7 nitrogen and oxygen atoms in total. The maximum Gasteiger partial charge on any atom is 0.337 e. The summed E-state index contributed by atoms with van der Waals surface area (Å²) in [6, 6.07) is 6.05. The molecule has 0 spiro atoms. The maximum absolute atomic E-state index is 11.0. The third kappa shape index (κ3) is 6.28. The molecule has 0 aliphatic rings. The molecule has 0 atom stereocenters. The smallest absolute Gasteiger partial charge is 0.337 e. The van der Waals surface area contributed by atoms with Gasteiger partial charge in [0.15, 0.2) is 0 Å². The van der Waals surface area contributed by atoms with Crippen molar-refractivity contribution < 1.29 is 34.4 Å². The number of aliphatic hydroxyl groups is 3. The van der Waals surface area contributed by atoms with Crippen molar-refractivity contribution in [3.63, 3.8) is 0 Å². The quantitative estimate of drug-likeness (QED) is 0.645. The summed E-state index contributed by atoms with van der Waals surface area (Å²) in [5.41, 5.74) is 0.806. The summed E-state index contributed by atoms with van der Waals surface area (Å²) in [6.07, 6.45) is -0.954. The van der Waals surface area contributed by atoms with Crippen LogP contribution in [0.25, 0.3) is 0 Å². The lowest BCUT2D eigenvalue weighted by Gasteiger charge is -2.00. The number of rotatable bonds is 4. The van der Waals surface area contributed by atoms with Crippen molar-refractivity contribution in [1.29, 1.82) is 0 Å². The Labute approximate surface area is 116 Å². The van der Waals surface area contributed by atoms with Crippen LogP contribution in [0.2, 0.25) is 0 Å². The van der Waals surface area contributed by atoms with Gasteiger partial charge in [-0.25, -0.2) is 9.59 Å². The zero-order valence-electron chi connectivity index (χ0n) is 11.3. The number of benzene rings is 1. The van der Waals surface area contributed by atoms with Gasteiger partial charge in [0.2, 0.25) is 0 Å². The summed E-state index contributed by atoms with van der Waals surface area (Å²) < 4.78 is 9.02. The second-order valence-electron chi connectivity index (χ2n) is 3.58. The number of carbonyl (C=O) groups is 2. The predicted molar refractivity (Wildman–Crippen MR) is 69.3 cm³/mol. The second kappa shape index (κ2) is 9.90. The molecule has 1 rings (SSSR count). The van der Waals surface area contributed by atoms with Crippen molar-refractivity contribution in [3.8, 4) is 0 Å². The molecule has 20 heavy (non-hydrogen) atoms. The van der Waals surface area contributed by atoms with Gasteiger partial charge < -0.3 is 24.8 Å². The Morgan fingerprint density at radius 1 is 0.950 bits per heavy atom. The topological polar surface area (TPSA) is 113 Å². The molecule has 0 heterocycles. The molecule has 7 heteroatoms. The van der Waals surface area contributed by atoms with E-state index in [1.165, 1.54) is 38.5 Å². The normalized spacial score (nSPS) is 9.50. The number of hydrogen-bond donors (Lipinski definition) is 3. The van der Waals surface area contributed by atoms with Crippen molar-refractivity contribution in [2.75, 3.05) is 27.4 Å². The van der Waals surface area contributed by atoms with E-state index in [4.69, 9.17) is 15.3 Å². The molecule has 0 aliphatic heterocycles. The van der Waals surface area contributed by atoms with Gasteiger partial charge in [0.1, 0.15) is 6.10 Å². The molecular weight excluding hydrogens is 268 g/mol. The molecule has 0 unspecified atom stereocenters. The van der Waals surface area contributed by atoms with Crippen LogP contribution in [0.5, 0.6) is 0 Å². The first-order valence-electron chi connectivity index (χ1n) is 5.66. The molecule has 0 aromatic heterocycles. The average molecular weight is 286 g/mol. The van der Waals surface area contributed by atoms with Gasteiger partial charge in [-0.1, -0.05) is 0 Å². The maximum atomic E-state index is 11.0. The van der Waals surface area contributed by atoms with E-state index >= 15 is 0 Å². The van der Waals surface area contributed by atoms with Crippen molar-refractivity contribution in [2.45, 2.75) is 6.10 Å². The molecule has 0 saturated carbocycles. The van der Waals surface area contributed by atoms with E-state index in [1.807, 2.05) is 0 Å². The minimum Gasteiger partial charge on any atom is -0.465 e. The summed E-state index contributed by atoms with van der Waals surface area (Å²) in [5, 5.41) is 24.0. The van der Waals surface area contributed by atoms with E-state index in [1.54, 1.807) is 0 Å². The molecule has 1 aromatic carbocycles. The number of esters is 2. The lowest BCUT2D eigenvalue weighted by molar-refractivity contribution is 0.0450. The van der Waals surface area contributed by atoms with Crippen LogP contribution in [0.15, 0.2) is 24.3 Å². The monoisotopic (exact) mass is 286 g/mol. The standard InChI is InChI=1S/C10H10O4.C3H8O3/c1-13-9(11)7-3-5-8(6-4-7)10(12)14-2;4-1-3(6)2-5/h3-6H,1-2H3;3-6H,1-2H2. The first-order chi connectivity index (χ1) is 9.49. The van der Waals surface area contributed by atoms with E-state index < -0.39 is 18.0 Å². The number of aliphatic hydroxyl groups excluding tert-OH is 3. The van der Waals surface area contributed by atoms with Gasteiger partial charge in [-0.05, 0) is 24.3 Å². The molecule has 0 bridgehead atoms. The lowest BCUT2D eigenvalue weighted by atomic mass is 10.1. The minimum atomic E-state index is -0.954. The number of carbonyl (C=O) groups excluding carboxylic acids is 2. The highest BCUT2D eigenvalue weighted by atomic mass is 16.5. The minimum absolute atomic E-state index is 0.365. The highest BCUT2D eigenvalue weighted by Gasteiger charge is 2.08. The summed E-state index contributed by atoms with van der Waals surface area (Å²) in [7, 11) is 2.60. The highest BCUT2D eigenvalue weighted by Crippen LogP contribution is 2.06. The molecule has 0 fully saturated rings. The van der Waals surface area contributed by atoms with Gasteiger partial charge in [-0.2, -0.15) is 0 Å². The molecule has 0 radical (unpaired) electrons. The van der Waals surface area contributed by atoms with Gasteiger partial charge in [0, 0.05) is 0 Å². The third-order valence-corrected chi connectivity index (χ3v) is 2.15. The van der Waals surface area contributed by atoms with Crippen LogP contribution in [-0.4, -0.2) is 60.8 Å². The zero-order chi connectivity index (χ0) is 15.5. The van der Waals surface area contributed by atoms with E-state index in [9.17, 15) is 9.59 Å². The number of methoxy groups -OCH3 is 2. The summed E-state index contributed by atoms with van der Waals surface area (Å²) in [5.74, 6) is -0.858. The van der Waals surface area contributed by atoms with Crippen molar-refractivity contribution in [1.82, 2.24) is 0 Å². The van der Waals surface area contributed by atoms with Crippen LogP contribution in [-0.2, 0) is 9.47 Å². The first kappa shape index (κ1) is 18.0. The highest BCUT2D eigenvalue weighted by molar-refractivity contribution is 5.93. The Morgan fingerprint density at radius 2 is 1.25 bits per heavy atom. The average Bonchev–Trinajstić information content (AvgIpc) is 2.53. The zero-order valence-corrected chi connectivity index (χ0v) is 11.3. The van der Waals surface area contributed by atoms with Gasteiger partial charge in [0.25, 0.3) is 0 Å². The molecule has 1 aromatic rings. The fourth-order valence-corrected chi connectivity index (χ4v) is 1.04. The third-order valence-electron chi connectivity index (χ3n) is 2.15. The van der Waals surface area contributed by atoms with Gasteiger partial charge >= 0.3 is 11.9 Å². The van der Waals surface area contributed by atoms with Crippen molar-refractivity contribution in [3.05, 3.63) is 35.4 Å². The van der Waals surface area contributed by atoms with Crippen LogP contribution in [0.4, 0.5) is 0 Å². The fourth-order valence-electron chi connectivity index (χ4n) is 1.04. The van der Waals surface area contributed by atoms with Gasteiger partial charge in [0.05, 0.1) is 38.6 Å². The molecule has 0 aliphatic carbocycles. The van der Waals surface area contributed by atoms with Crippen LogP contribution in [0.1, 0.15) is 20.7 Å². The Hall–Kier alpha value is -1.96. The van der Waals surface area contributed by atoms with Gasteiger partial charge in [-0.15, -0.1) is 0 Å².